The molecule has 1 aromatic carbocycles. The third-order valence-corrected chi connectivity index (χ3v) is 3.27. The molecule has 1 saturated heterocycles. The second-order valence-corrected chi connectivity index (χ2v) is 4.65. The number of rotatable bonds is 3. The van der Waals surface area contributed by atoms with Gasteiger partial charge in [0.15, 0.2) is 0 Å². The van der Waals surface area contributed by atoms with Gasteiger partial charge in [0.1, 0.15) is 5.82 Å². The number of aryl methyl sites for hydroxylation is 1. The summed E-state index contributed by atoms with van der Waals surface area (Å²) in [4.78, 5) is 28.5. The zero-order chi connectivity index (χ0) is 16.7. The van der Waals surface area contributed by atoms with E-state index in [2.05, 4.69) is 4.84 Å². The van der Waals surface area contributed by atoms with Gasteiger partial charge in [-0.25, -0.2) is 9.18 Å². The van der Waals surface area contributed by atoms with Gasteiger partial charge in [-0.05, 0) is 31.5 Å². The first-order valence-corrected chi connectivity index (χ1v) is 6.28. The minimum absolute atomic E-state index is 0.00530. The van der Waals surface area contributed by atoms with Crippen LogP contribution in [0.25, 0.3) is 0 Å². The summed E-state index contributed by atoms with van der Waals surface area (Å²) in [5.41, 5.74) is -4.04. The van der Waals surface area contributed by atoms with Gasteiger partial charge in [0.05, 0.1) is 6.61 Å². The fourth-order valence-electron chi connectivity index (χ4n) is 2.28. The standard InChI is InChI=1S/C13H12F4N2O3/c1-3-22-19-10(20)12(13(15,16)17,18-11(19)21)9-6-8(14)5-4-7(9)2/h4-6H,3H2,1-2H3,(H,18,21)/t12-/m0/s1. The fourth-order valence-corrected chi connectivity index (χ4v) is 2.28. The number of nitrogens with one attached hydrogen (secondary N) is 1. The summed E-state index contributed by atoms with van der Waals surface area (Å²) in [7, 11) is 0. The minimum atomic E-state index is -5.18. The van der Waals surface area contributed by atoms with Crippen LogP contribution >= 0.6 is 0 Å². The number of halogens is 4. The number of nitrogens with zero attached hydrogens (tertiary/aromatic N) is 1. The van der Waals surface area contributed by atoms with E-state index >= 15 is 0 Å². The van der Waals surface area contributed by atoms with E-state index in [0.29, 0.717) is 6.07 Å². The number of imide groups is 1. The second-order valence-electron chi connectivity index (χ2n) is 4.65. The lowest BCUT2D eigenvalue weighted by molar-refractivity contribution is -0.209. The van der Waals surface area contributed by atoms with Crippen molar-refractivity contribution >= 4 is 11.9 Å². The van der Waals surface area contributed by atoms with Crippen LogP contribution in [0.4, 0.5) is 22.4 Å². The molecular formula is C13H12F4N2O3. The molecular weight excluding hydrogens is 308 g/mol. The molecule has 2 rings (SSSR count). The molecule has 1 fully saturated rings. The summed E-state index contributed by atoms with van der Waals surface area (Å²) in [6.45, 7) is 2.50. The quantitative estimate of drug-likeness (QED) is 0.687. The van der Waals surface area contributed by atoms with Gasteiger partial charge in [-0.1, -0.05) is 6.07 Å². The number of urea groups is 1. The Morgan fingerprint density at radius 3 is 2.50 bits per heavy atom. The smallest absolute Gasteiger partial charge is 0.310 e. The van der Waals surface area contributed by atoms with Gasteiger partial charge in [-0.15, -0.1) is 5.06 Å². The molecule has 0 unspecified atom stereocenters. The van der Waals surface area contributed by atoms with E-state index in [-0.39, 0.29) is 17.2 Å². The normalized spacial score (nSPS) is 22.2. The van der Waals surface area contributed by atoms with Gasteiger partial charge in [-0.2, -0.15) is 13.2 Å². The van der Waals surface area contributed by atoms with Crippen molar-refractivity contribution < 1.29 is 32.0 Å². The Morgan fingerprint density at radius 2 is 1.95 bits per heavy atom. The Balaban J connectivity index is 2.69. The lowest BCUT2D eigenvalue weighted by atomic mass is 9.86. The molecule has 22 heavy (non-hydrogen) atoms. The maximum atomic E-state index is 13.6. The highest BCUT2D eigenvalue weighted by atomic mass is 19.4. The number of amides is 3. The summed E-state index contributed by atoms with van der Waals surface area (Å²) in [5, 5.41) is 1.61. The highest BCUT2D eigenvalue weighted by Gasteiger charge is 2.69. The van der Waals surface area contributed by atoms with Crippen molar-refractivity contribution in [1.29, 1.82) is 0 Å². The second kappa shape index (κ2) is 5.24. The number of hydrogen-bond donors (Lipinski definition) is 1. The molecule has 5 nitrogen and oxygen atoms in total. The average Bonchev–Trinajstić information content (AvgIpc) is 2.67. The highest BCUT2D eigenvalue weighted by Crippen LogP contribution is 2.44. The van der Waals surface area contributed by atoms with E-state index in [1.54, 1.807) is 5.32 Å². The molecule has 1 atom stereocenters. The van der Waals surface area contributed by atoms with Crippen molar-refractivity contribution in [2.75, 3.05) is 6.61 Å². The third-order valence-electron chi connectivity index (χ3n) is 3.27. The maximum absolute atomic E-state index is 13.6. The third kappa shape index (κ3) is 2.21. The van der Waals surface area contributed by atoms with Gasteiger partial charge in [0, 0.05) is 5.56 Å². The Hall–Kier alpha value is -2.16. The van der Waals surface area contributed by atoms with Crippen LogP contribution in [0.5, 0.6) is 0 Å². The van der Waals surface area contributed by atoms with Crippen molar-refractivity contribution in [2.45, 2.75) is 25.6 Å². The Morgan fingerprint density at radius 1 is 1.32 bits per heavy atom. The van der Waals surface area contributed by atoms with Gasteiger partial charge in [-0.3, -0.25) is 9.63 Å². The van der Waals surface area contributed by atoms with E-state index in [1.165, 1.54) is 13.8 Å². The van der Waals surface area contributed by atoms with Crippen molar-refractivity contribution in [3.63, 3.8) is 0 Å². The SMILES string of the molecule is CCON1C(=O)N[C@](c2cc(F)ccc2C)(C(F)(F)F)C1=O. The molecule has 3 amide bonds. The first-order valence-electron chi connectivity index (χ1n) is 6.28. The molecule has 0 bridgehead atoms. The van der Waals surface area contributed by atoms with Crippen molar-refractivity contribution in [3.8, 4) is 0 Å². The topological polar surface area (TPSA) is 58.6 Å². The van der Waals surface area contributed by atoms with Crippen molar-refractivity contribution in [1.82, 2.24) is 10.4 Å². The monoisotopic (exact) mass is 320 g/mol. The first kappa shape index (κ1) is 16.2. The van der Waals surface area contributed by atoms with Crippen LogP contribution in [0.3, 0.4) is 0 Å². The largest absolute Gasteiger partial charge is 0.425 e. The number of carbonyl (C=O) groups is 2. The van der Waals surface area contributed by atoms with Gasteiger partial charge in [0.25, 0.3) is 5.91 Å². The molecule has 1 N–H and O–H groups in total. The fraction of sp³-hybridized carbons (Fsp3) is 0.385. The lowest BCUT2D eigenvalue weighted by Gasteiger charge is -2.30. The molecule has 1 aromatic rings. The number of alkyl halides is 3. The zero-order valence-electron chi connectivity index (χ0n) is 11.6. The molecule has 0 radical (unpaired) electrons. The van der Waals surface area contributed by atoms with Crippen LogP contribution in [-0.2, 0) is 15.2 Å². The van der Waals surface area contributed by atoms with Crippen LogP contribution in [0.2, 0.25) is 0 Å². The Labute approximate surface area is 122 Å². The molecule has 0 aliphatic carbocycles. The molecule has 0 aromatic heterocycles. The molecule has 1 aliphatic heterocycles. The minimum Gasteiger partial charge on any atom is -0.310 e. The van der Waals surface area contributed by atoms with E-state index < -0.39 is 35.0 Å². The molecule has 1 heterocycles. The van der Waals surface area contributed by atoms with Crippen LogP contribution in [-0.4, -0.2) is 29.8 Å². The molecule has 0 saturated carbocycles. The number of benzene rings is 1. The van der Waals surface area contributed by atoms with E-state index in [4.69, 9.17) is 0 Å². The first-order chi connectivity index (χ1) is 10.1. The van der Waals surface area contributed by atoms with Gasteiger partial charge < -0.3 is 5.32 Å². The predicted molar refractivity (Wildman–Crippen MR) is 65.9 cm³/mol. The summed E-state index contributed by atoms with van der Waals surface area (Å²) < 4.78 is 54.2. The van der Waals surface area contributed by atoms with Crippen molar-refractivity contribution in [2.24, 2.45) is 0 Å². The summed E-state index contributed by atoms with van der Waals surface area (Å²) in [5.74, 6) is -2.61. The summed E-state index contributed by atoms with van der Waals surface area (Å²) in [6, 6.07) is 1.29. The Kier molecular flexibility index (Phi) is 3.86. The molecule has 120 valence electrons. The number of hydrogen-bond acceptors (Lipinski definition) is 3. The molecule has 1 aliphatic rings. The van der Waals surface area contributed by atoms with E-state index in [0.717, 1.165) is 12.1 Å². The van der Waals surface area contributed by atoms with Crippen LogP contribution in [0.15, 0.2) is 18.2 Å². The number of carbonyl (C=O) groups excluding carboxylic acids is 2. The van der Waals surface area contributed by atoms with E-state index in [1.807, 2.05) is 0 Å². The average molecular weight is 320 g/mol. The van der Waals surface area contributed by atoms with Crippen LogP contribution in [0, 0.1) is 12.7 Å². The van der Waals surface area contributed by atoms with Gasteiger partial charge >= 0.3 is 12.2 Å². The van der Waals surface area contributed by atoms with Crippen molar-refractivity contribution in [3.05, 3.63) is 35.1 Å². The van der Waals surface area contributed by atoms with Crippen LogP contribution < -0.4 is 5.32 Å². The molecule has 9 heteroatoms. The molecule has 0 spiro atoms. The summed E-state index contributed by atoms with van der Waals surface area (Å²) >= 11 is 0. The lowest BCUT2D eigenvalue weighted by Crippen LogP contribution is -2.56. The van der Waals surface area contributed by atoms with Gasteiger partial charge in [0.2, 0.25) is 5.54 Å². The highest BCUT2D eigenvalue weighted by molar-refractivity contribution is 6.07. The predicted octanol–water partition coefficient (Wildman–Crippen LogP) is 2.40. The zero-order valence-corrected chi connectivity index (χ0v) is 11.6. The number of hydroxylamine groups is 2. The Bertz CT molecular complexity index is 632. The van der Waals surface area contributed by atoms with Crippen LogP contribution in [0.1, 0.15) is 18.1 Å². The maximum Gasteiger partial charge on any atom is 0.425 e. The summed E-state index contributed by atoms with van der Waals surface area (Å²) in [6.07, 6.45) is -5.18. The van der Waals surface area contributed by atoms with E-state index in [9.17, 15) is 27.2 Å².